The molecule has 4 amide bonds. The second-order valence-electron chi connectivity index (χ2n) is 11.1. The molecule has 0 saturated carbocycles. The van der Waals surface area contributed by atoms with Crippen molar-refractivity contribution in [2.75, 3.05) is 23.7 Å². The maximum absolute atomic E-state index is 13.2. The topological polar surface area (TPSA) is 112 Å². The molecular formula is C36H37N5O4S. The second-order valence-corrected chi connectivity index (χ2v) is 11.9. The Morgan fingerprint density at radius 3 is 2.26 bits per heavy atom. The molecule has 0 spiro atoms. The maximum Gasteiger partial charge on any atom is 0.251 e. The van der Waals surface area contributed by atoms with Crippen LogP contribution in [0.4, 0.5) is 11.4 Å². The first-order valence-corrected chi connectivity index (χ1v) is 16.2. The molecule has 5 rings (SSSR count). The van der Waals surface area contributed by atoms with Crippen LogP contribution < -0.4 is 10.6 Å². The summed E-state index contributed by atoms with van der Waals surface area (Å²) in [6.45, 7) is 8.14. The first-order valence-electron chi connectivity index (χ1n) is 15.3. The molecule has 1 fully saturated rings. The predicted octanol–water partition coefficient (Wildman–Crippen LogP) is 6.01. The summed E-state index contributed by atoms with van der Waals surface area (Å²) in [6, 6.07) is 23.1. The molecule has 2 atom stereocenters. The fraction of sp³-hybridized carbons (Fsp3) is 0.250. The number of nitrogens with zero attached hydrogens (tertiary/aromatic N) is 3. The van der Waals surface area contributed by atoms with Crippen LogP contribution in [0.25, 0.3) is 21.8 Å². The first-order chi connectivity index (χ1) is 22.3. The number of rotatable bonds is 11. The van der Waals surface area contributed by atoms with Crippen molar-refractivity contribution in [2.24, 2.45) is 0 Å². The van der Waals surface area contributed by atoms with Gasteiger partial charge < -0.3 is 20.4 Å². The minimum Gasteiger partial charge on any atom is -0.331 e. The molecule has 1 saturated heterocycles. The van der Waals surface area contributed by atoms with E-state index in [1.807, 2.05) is 91.2 Å². The Kier molecular flexibility index (Phi) is 10.4. The lowest BCUT2D eigenvalue weighted by molar-refractivity contribution is -0.136. The normalized spacial score (nSPS) is 14.7. The average molecular weight is 636 g/mol. The standard InChI is InChI=1S/C36H37N5O4S/c1-4-31(40(5-2)33(43)22-25-10-7-6-8-11-25)34(44)37-28-17-13-26(14-18-28)30-23-46-36(39-30)27-15-19-29(20-16-27)38-35(45)32-12-9-21-41(32)24(3)42/h4,6-8,10-11,13-20,23,31-32H,1,5,9,12,21-22H2,2-3H3,(H,37,44)(H,38,45)/t31-,32-/m0/s1. The summed E-state index contributed by atoms with van der Waals surface area (Å²) in [6.07, 6.45) is 3.19. The Morgan fingerprint density at radius 1 is 0.978 bits per heavy atom. The Bertz CT molecular complexity index is 1700. The summed E-state index contributed by atoms with van der Waals surface area (Å²) in [5, 5.41) is 8.64. The second kappa shape index (κ2) is 14.8. The number of amides is 4. The Morgan fingerprint density at radius 2 is 1.63 bits per heavy atom. The average Bonchev–Trinajstić information content (AvgIpc) is 3.76. The van der Waals surface area contributed by atoms with Gasteiger partial charge in [0.15, 0.2) is 0 Å². The van der Waals surface area contributed by atoms with Gasteiger partial charge in [0.25, 0.3) is 5.91 Å². The van der Waals surface area contributed by atoms with E-state index in [1.54, 1.807) is 4.90 Å². The number of nitrogens with one attached hydrogen (secondary N) is 2. The van der Waals surface area contributed by atoms with Crippen LogP contribution in [-0.4, -0.2) is 63.6 Å². The van der Waals surface area contributed by atoms with E-state index in [0.717, 1.165) is 33.8 Å². The fourth-order valence-corrected chi connectivity index (χ4v) is 6.43. The lowest BCUT2D eigenvalue weighted by atomic mass is 10.1. The van der Waals surface area contributed by atoms with E-state index in [4.69, 9.17) is 4.98 Å². The van der Waals surface area contributed by atoms with Crippen molar-refractivity contribution in [3.63, 3.8) is 0 Å². The number of carbonyl (C=O) groups excluding carboxylic acids is 4. The Labute approximate surface area is 273 Å². The summed E-state index contributed by atoms with van der Waals surface area (Å²) in [5.41, 5.74) is 4.77. The maximum atomic E-state index is 13.2. The van der Waals surface area contributed by atoms with Gasteiger partial charge in [0.05, 0.1) is 12.1 Å². The van der Waals surface area contributed by atoms with Gasteiger partial charge in [-0.2, -0.15) is 0 Å². The third kappa shape index (κ3) is 7.58. The number of benzene rings is 3. The van der Waals surface area contributed by atoms with Gasteiger partial charge in [-0.05, 0) is 61.7 Å². The summed E-state index contributed by atoms with van der Waals surface area (Å²) >= 11 is 1.51. The molecule has 9 nitrogen and oxygen atoms in total. The van der Waals surface area contributed by atoms with Gasteiger partial charge in [0.2, 0.25) is 17.7 Å². The highest BCUT2D eigenvalue weighted by atomic mass is 32.1. The first kappa shape index (κ1) is 32.3. The molecule has 2 N–H and O–H groups in total. The van der Waals surface area contributed by atoms with E-state index in [2.05, 4.69) is 17.2 Å². The van der Waals surface area contributed by atoms with Crippen LogP contribution in [0.1, 0.15) is 32.3 Å². The van der Waals surface area contributed by atoms with Crippen LogP contribution in [0.2, 0.25) is 0 Å². The van der Waals surface area contributed by atoms with Crippen LogP contribution in [-0.2, 0) is 25.6 Å². The van der Waals surface area contributed by atoms with Crippen molar-refractivity contribution in [2.45, 2.75) is 45.2 Å². The predicted molar refractivity (Wildman–Crippen MR) is 182 cm³/mol. The van der Waals surface area contributed by atoms with Gasteiger partial charge in [0.1, 0.15) is 17.1 Å². The molecule has 1 aliphatic heterocycles. The smallest absolute Gasteiger partial charge is 0.251 e. The number of likely N-dealkylation sites (tertiary alicyclic amines) is 1. The van der Waals surface area contributed by atoms with E-state index in [0.29, 0.717) is 30.9 Å². The van der Waals surface area contributed by atoms with Crippen molar-refractivity contribution in [3.05, 3.63) is 102 Å². The number of hydrogen-bond donors (Lipinski definition) is 2. The number of anilines is 2. The zero-order chi connectivity index (χ0) is 32.6. The molecule has 46 heavy (non-hydrogen) atoms. The third-order valence-electron chi connectivity index (χ3n) is 8.00. The lowest BCUT2D eigenvalue weighted by Crippen LogP contribution is -2.46. The number of carbonyl (C=O) groups is 4. The number of hydrogen-bond acceptors (Lipinski definition) is 6. The molecule has 3 aromatic carbocycles. The number of thiazole rings is 1. The minimum absolute atomic E-state index is 0.0838. The van der Waals surface area contributed by atoms with Crippen molar-refractivity contribution >= 4 is 46.3 Å². The SMILES string of the molecule is C=C[C@@H](C(=O)Nc1ccc(-c2csc(-c3ccc(NC(=O)[C@@H]4CCCN4C(C)=O)cc3)n2)cc1)N(CC)C(=O)Cc1ccccc1. The summed E-state index contributed by atoms with van der Waals surface area (Å²) in [5.74, 6) is -0.732. The van der Waals surface area contributed by atoms with Crippen molar-refractivity contribution < 1.29 is 19.2 Å². The highest BCUT2D eigenvalue weighted by molar-refractivity contribution is 7.13. The molecule has 10 heteroatoms. The highest BCUT2D eigenvalue weighted by Gasteiger charge is 2.32. The van der Waals surface area contributed by atoms with E-state index in [9.17, 15) is 19.2 Å². The van der Waals surface area contributed by atoms with Gasteiger partial charge in [-0.25, -0.2) is 4.98 Å². The van der Waals surface area contributed by atoms with E-state index >= 15 is 0 Å². The van der Waals surface area contributed by atoms with E-state index in [-0.39, 0.29) is 30.0 Å². The third-order valence-corrected chi connectivity index (χ3v) is 8.89. The van der Waals surface area contributed by atoms with Gasteiger partial charge in [0, 0.05) is 47.9 Å². The highest BCUT2D eigenvalue weighted by Crippen LogP contribution is 2.30. The van der Waals surface area contributed by atoms with Crippen LogP contribution in [0, 0.1) is 0 Å². The molecule has 0 unspecified atom stereocenters. The Hall–Kier alpha value is -5.09. The zero-order valence-corrected chi connectivity index (χ0v) is 26.8. The van der Waals surface area contributed by atoms with Crippen LogP contribution in [0.3, 0.4) is 0 Å². The molecule has 4 aromatic rings. The lowest BCUT2D eigenvalue weighted by Gasteiger charge is -2.28. The van der Waals surface area contributed by atoms with Crippen molar-refractivity contribution in [3.8, 4) is 21.8 Å². The number of aromatic nitrogens is 1. The number of likely N-dealkylation sites (N-methyl/N-ethyl adjacent to an activating group) is 1. The quantitative estimate of drug-likeness (QED) is 0.196. The Balaban J connectivity index is 1.19. The zero-order valence-electron chi connectivity index (χ0n) is 25.9. The fourth-order valence-electron chi connectivity index (χ4n) is 5.59. The minimum atomic E-state index is -0.806. The molecule has 0 radical (unpaired) electrons. The molecule has 0 aliphatic carbocycles. The summed E-state index contributed by atoms with van der Waals surface area (Å²) < 4.78 is 0. The van der Waals surface area contributed by atoms with E-state index in [1.165, 1.54) is 29.2 Å². The van der Waals surface area contributed by atoms with Crippen molar-refractivity contribution in [1.82, 2.24) is 14.8 Å². The molecule has 236 valence electrons. The van der Waals surface area contributed by atoms with Gasteiger partial charge in [-0.1, -0.05) is 48.5 Å². The van der Waals surface area contributed by atoms with Gasteiger partial charge >= 0.3 is 0 Å². The van der Waals surface area contributed by atoms with Crippen LogP contribution >= 0.6 is 11.3 Å². The van der Waals surface area contributed by atoms with Crippen molar-refractivity contribution in [1.29, 1.82) is 0 Å². The molecule has 1 aromatic heterocycles. The van der Waals surface area contributed by atoms with Crippen LogP contribution in [0.15, 0.2) is 96.9 Å². The van der Waals surface area contributed by atoms with E-state index < -0.39 is 12.1 Å². The summed E-state index contributed by atoms with van der Waals surface area (Å²) in [7, 11) is 0. The largest absolute Gasteiger partial charge is 0.331 e. The molecule has 2 heterocycles. The van der Waals surface area contributed by atoms with Crippen LogP contribution in [0.5, 0.6) is 0 Å². The van der Waals surface area contributed by atoms with Gasteiger partial charge in [-0.15, -0.1) is 17.9 Å². The molecule has 0 bridgehead atoms. The monoisotopic (exact) mass is 635 g/mol. The summed E-state index contributed by atoms with van der Waals surface area (Å²) in [4.78, 5) is 58.7. The molecule has 1 aliphatic rings. The molecular weight excluding hydrogens is 598 g/mol. The van der Waals surface area contributed by atoms with Gasteiger partial charge in [-0.3, -0.25) is 19.2 Å².